The lowest BCUT2D eigenvalue weighted by Crippen LogP contribution is -2.63. The van der Waals surface area contributed by atoms with Gasteiger partial charge in [0.2, 0.25) is 0 Å². The normalized spacial score (nSPS) is 23.6. The van der Waals surface area contributed by atoms with Crippen LogP contribution in [0.1, 0.15) is 37.3 Å². The lowest BCUT2D eigenvalue weighted by molar-refractivity contribution is -0.119. The van der Waals surface area contributed by atoms with E-state index in [1.165, 1.54) is 37.2 Å². The number of carbonyl (C=O) groups is 2. The number of carbonyl (C=O) groups excluding carboxylic acids is 2. The third-order valence-corrected chi connectivity index (χ3v) is 9.37. The van der Waals surface area contributed by atoms with Crippen molar-refractivity contribution < 1.29 is 18.7 Å². The van der Waals surface area contributed by atoms with Crippen molar-refractivity contribution in [1.82, 2.24) is 24.9 Å². The quantitative estimate of drug-likeness (QED) is 0.427. The molecule has 10 nitrogen and oxygen atoms in total. The van der Waals surface area contributed by atoms with Crippen LogP contribution < -0.4 is 9.64 Å². The maximum atomic E-state index is 14.3. The van der Waals surface area contributed by atoms with Crippen molar-refractivity contribution in [3.8, 4) is 11.8 Å². The Morgan fingerprint density at radius 3 is 2.77 bits per heavy atom. The standard InChI is InChI=1S/C26H21ClFN7O3S/c1-38-20-6-14(15(27)7-16(20)28)21-8-18-23(39-21)24(36)34(25(37)33(18)12-26(11-29)4-5-26)19-10-30-9-17-22(19)35(32-31-17)13-2-3-13/h6-10,13,18,23H,2-5,12H2,1H3. The summed E-state index contributed by atoms with van der Waals surface area (Å²) in [6, 6.07) is 4.04. The van der Waals surface area contributed by atoms with Gasteiger partial charge in [0, 0.05) is 17.0 Å². The highest BCUT2D eigenvalue weighted by Gasteiger charge is 2.55. The van der Waals surface area contributed by atoms with E-state index in [2.05, 4.69) is 21.4 Å². The highest BCUT2D eigenvalue weighted by Crippen LogP contribution is 2.51. The smallest absolute Gasteiger partial charge is 0.332 e. The molecule has 7 rings (SSSR count). The number of anilines is 1. The van der Waals surface area contributed by atoms with Gasteiger partial charge in [-0.3, -0.25) is 9.78 Å². The number of rotatable bonds is 6. The summed E-state index contributed by atoms with van der Waals surface area (Å²) in [5.41, 5.74) is 1.25. The summed E-state index contributed by atoms with van der Waals surface area (Å²) in [4.78, 5) is 35.8. The van der Waals surface area contributed by atoms with Crippen molar-refractivity contribution in [3.05, 3.63) is 47.0 Å². The monoisotopic (exact) mass is 565 g/mol. The zero-order chi connectivity index (χ0) is 27.1. The fourth-order valence-corrected chi connectivity index (χ4v) is 6.91. The average Bonchev–Trinajstić information content (AvgIpc) is 3.84. The van der Waals surface area contributed by atoms with Crippen LogP contribution in [0.4, 0.5) is 14.9 Å². The molecule has 39 heavy (non-hydrogen) atoms. The molecule has 13 heteroatoms. The van der Waals surface area contributed by atoms with Crippen LogP contribution in [0, 0.1) is 22.6 Å². The SMILES string of the molecule is COc1cc(C2=CC3C(S2)C(=O)N(c2cncc4nnn(C5CC5)c24)C(=O)N3CC2(C#N)CC2)c(Cl)cc1F. The Kier molecular flexibility index (Phi) is 5.41. The molecule has 4 heterocycles. The number of urea groups is 1. The van der Waals surface area contributed by atoms with Crippen LogP contribution in [-0.4, -0.2) is 61.8 Å². The number of fused-ring (bicyclic) bond motifs is 2. The van der Waals surface area contributed by atoms with E-state index in [4.69, 9.17) is 16.3 Å². The van der Waals surface area contributed by atoms with Gasteiger partial charge in [-0.25, -0.2) is 18.8 Å². The third kappa shape index (κ3) is 3.78. The van der Waals surface area contributed by atoms with Gasteiger partial charge in [-0.05, 0) is 43.9 Å². The fraction of sp³-hybridized carbons (Fsp3) is 0.385. The number of pyridine rings is 1. The van der Waals surface area contributed by atoms with E-state index in [1.807, 2.05) is 6.08 Å². The van der Waals surface area contributed by atoms with Crippen molar-refractivity contribution in [1.29, 1.82) is 5.26 Å². The molecule has 2 atom stereocenters. The maximum Gasteiger partial charge on any atom is 0.332 e. The number of hydrogen-bond donors (Lipinski definition) is 0. The van der Waals surface area contributed by atoms with E-state index < -0.39 is 34.5 Å². The van der Waals surface area contributed by atoms with E-state index in [1.54, 1.807) is 15.8 Å². The second kappa shape index (κ2) is 8.66. The van der Waals surface area contributed by atoms with Crippen molar-refractivity contribution in [3.63, 3.8) is 0 Å². The molecule has 0 radical (unpaired) electrons. The number of benzene rings is 1. The summed E-state index contributed by atoms with van der Waals surface area (Å²) < 4.78 is 21.2. The molecule has 3 fully saturated rings. The summed E-state index contributed by atoms with van der Waals surface area (Å²) >= 11 is 7.67. The molecule has 4 aliphatic rings. The summed E-state index contributed by atoms with van der Waals surface area (Å²) in [7, 11) is 1.36. The largest absolute Gasteiger partial charge is 0.494 e. The highest BCUT2D eigenvalue weighted by atomic mass is 35.5. The molecule has 2 aliphatic carbocycles. The zero-order valence-corrected chi connectivity index (χ0v) is 22.2. The van der Waals surface area contributed by atoms with Crippen LogP contribution in [-0.2, 0) is 4.79 Å². The van der Waals surface area contributed by atoms with E-state index in [9.17, 15) is 19.2 Å². The maximum absolute atomic E-state index is 14.3. The first kappa shape index (κ1) is 24.4. The highest BCUT2D eigenvalue weighted by molar-refractivity contribution is 8.09. The van der Waals surface area contributed by atoms with Gasteiger partial charge in [0.1, 0.15) is 16.3 Å². The summed E-state index contributed by atoms with van der Waals surface area (Å²) in [6.45, 7) is 0.182. The second-order valence-electron chi connectivity index (χ2n) is 10.3. The van der Waals surface area contributed by atoms with Crippen LogP contribution in [0.3, 0.4) is 0 Å². The predicted octanol–water partition coefficient (Wildman–Crippen LogP) is 4.56. The Morgan fingerprint density at radius 1 is 1.28 bits per heavy atom. The van der Waals surface area contributed by atoms with Gasteiger partial charge in [-0.15, -0.1) is 16.9 Å². The van der Waals surface area contributed by atoms with Crippen molar-refractivity contribution >= 4 is 56.9 Å². The Morgan fingerprint density at radius 2 is 2.08 bits per heavy atom. The minimum Gasteiger partial charge on any atom is -0.494 e. The number of nitriles is 1. The van der Waals surface area contributed by atoms with Crippen LogP contribution >= 0.6 is 23.4 Å². The molecule has 2 aliphatic heterocycles. The molecule has 1 saturated heterocycles. The minimum atomic E-state index is -0.709. The average molecular weight is 566 g/mol. The summed E-state index contributed by atoms with van der Waals surface area (Å²) in [5, 5.41) is 17.8. The molecule has 2 saturated carbocycles. The van der Waals surface area contributed by atoms with Crippen LogP contribution in [0.2, 0.25) is 5.02 Å². The van der Waals surface area contributed by atoms with E-state index >= 15 is 0 Å². The second-order valence-corrected chi connectivity index (χ2v) is 11.9. The van der Waals surface area contributed by atoms with E-state index in [0.29, 0.717) is 40.0 Å². The summed E-state index contributed by atoms with van der Waals surface area (Å²) in [5.74, 6) is -0.994. The Bertz CT molecular complexity index is 1640. The fourth-order valence-electron chi connectivity index (χ4n) is 5.24. The number of thioether (sulfide) groups is 1. The van der Waals surface area contributed by atoms with Gasteiger partial charge in [-0.1, -0.05) is 16.8 Å². The summed E-state index contributed by atoms with van der Waals surface area (Å²) in [6.07, 6.45) is 8.10. The van der Waals surface area contributed by atoms with Gasteiger partial charge in [-0.2, -0.15) is 5.26 Å². The van der Waals surface area contributed by atoms with Crippen molar-refractivity contribution in [2.45, 2.75) is 43.0 Å². The Balaban J connectivity index is 1.33. The zero-order valence-electron chi connectivity index (χ0n) is 20.7. The number of methoxy groups -OCH3 is 1. The molecule has 3 amide bonds. The molecule has 1 aromatic carbocycles. The number of nitrogens with zero attached hydrogens (tertiary/aromatic N) is 7. The topological polar surface area (TPSA) is 117 Å². The predicted molar refractivity (Wildman–Crippen MR) is 142 cm³/mol. The number of imide groups is 1. The minimum absolute atomic E-state index is 0.0201. The molecule has 0 spiro atoms. The number of amides is 3. The number of hydrogen-bond acceptors (Lipinski definition) is 8. The molecule has 2 unspecified atom stereocenters. The van der Waals surface area contributed by atoms with Gasteiger partial charge < -0.3 is 9.64 Å². The molecule has 198 valence electrons. The number of ether oxygens (including phenoxy) is 1. The molecular weight excluding hydrogens is 545 g/mol. The van der Waals surface area contributed by atoms with Crippen LogP contribution in [0.15, 0.2) is 30.6 Å². The van der Waals surface area contributed by atoms with Crippen LogP contribution in [0.5, 0.6) is 5.75 Å². The lowest BCUT2D eigenvalue weighted by Gasteiger charge is -2.41. The van der Waals surface area contributed by atoms with Crippen LogP contribution in [0.25, 0.3) is 15.9 Å². The third-order valence-electron chi connectivity index (χ3n) is 7.71. The van der Waals surface area contributed by atoms with Gasteiger partial charge >= 0.3 is 6.03 Å². The van der Waals surface area contributed by atoms with Gasteiger partial charge in [0.15, 0.2) is 11.6 Å². The lowest BCUT2D eigenvalue weighted by atomic mass is 10.0. The molecule has 0 N–H and O–H groups in total. The van der Waals surface area contributed by atoms with Crippen molar-refractivity contribution in [2.24, 2.45) is 5.41 Å². The Labute approximate surface area is 231 Å². The molecular formula is C26H21ClFN7O3S. The van der Waals surface area contributed by atoms with E-state index in [-0.39, 0.29) is 23.4 Å². The molecule has 2 aromatic heterocycles. The van der Waals surface area contributed by atoms with Gasteiger partial charge in [0.05, 0.1) is 53.8 Å². The number of aromatic nitrogens is 4. The van der Waals surface area contributed by atoms with Gasteiger partial charge in [0.25, 0.3) is 5.91 Å². The molecule has 0 bridgehead atoms. The first-order valence-electron chi connectivity index (χ1n) is 12.5. The first-order valence-corrected chi connectivity index (χ1v) is 13.8. The van der Waals surface area contributed by atoms with Crippen molar-refractivity contribution in [2.75, 3.05) is 18.6 Å². The number of halogens is 2. The Hall–Kier alpha value is -3.69. The first-order chi connectivity index (χ1) is 18.8. The van der Waals surface area contributed by atoms with E-state index in [0.717, 1.165) is 17.7 Å². The molecule has 3 aromatic rings.